The zero-order valence-electron chi connectivity index (χ0n) is 13.1. The first-order valence-electron chi connectivity index (χ1n) is 6.96. The number of rotatable bonds is 5. The fraction of sp³-hybridized carbons (Fsp3) is 0.438. The quantitative estimate of drug-likeness (QED) is 0.334. The number of aryl methyl sites for hydroxylation is 2. The van der Waals surface area contributed by atoms with E-state index in [9.17, 15) is 4.79 Å². The molecule has 0 aliphatic carbocycles. The van der Waals surface area contributed by atoms with Gasteiger partial charge in [0, 0.05) is 6.54 Å². The first-order chi connectivity index (χ1) is 9.42. The molecule has 4 heteroatoms. The Hall–Kier alpha value is -1.81. The zero-order valence-corrected chi connectivity index (χ0v) is 13.1. The van der Waals surface area contributed by atoms with Crippen LogP contribution in [0.25, 0.3) is 6.08 Å². The lowest BCUT2D eigenvalue weighted by molar-refractivity contribution is -0.117. The molecule has 4 nitrogen and oxygen atoms in total. The van der Waals surface area contributed by atoms with Crippen LogP contribution in [0.15, 0.2) is 11.8 Å². The predicted octanol–water partition coefficient (Wildman–Crippen LogP) is 2.25. The standard InChI is InChI=1S/C16H25N3O/c1-6-7-18-15(16(20)19-17)9-14-12(4)10(2)8-11(3)13(14)5/h8-9,18H,6-7,17H2,1-5H3,(H,19,20)/b15-9-. The second kappa shape index (κ2) is 7.10. The van der Waals surface area contributed by atoms with Crippen molar-refractivity contribution in [3.05, 3.63) is 39.6 Å². The van der Waals surface area contributed by atoms with Crippen molar-refractivity contribution in [1.82, 2.24) is 10.7 Å². The van der Waals surface area contributed by atoms with Gasteiger partial charge in [-0.2, -0.15) is 0 Å². The van der Waals surface area contributed by atoms with E-state index in [-0.39, 0.29) is 5.91 Å². The molecule has 0 saturated heterocycles. The first kappa shape index (κ1) is 16.2. The Kier molecular flexibility index (Phi) is 5.77. The minimum absolute atomic E-state index is 0.295. The minimum Gasteiger partial charge on any atom is -0.381 e. The van der Waals surface area contributed by atoms with Crippen molar-refractivity contribution in [2.75, 3.05) is 6.54 Å². The van der Waals surface area contributed by atoms with Gasteiger partial charge in [0.2, 0.25) is 0 Å². The Labute approximate surface area is 121 Å². The molecule has 1 rings (SSSR count). The molecule has 0 heterocycles. The van der Waals surface area contributed by atoms with E-state index in [0.29, 0.717) is 5.70 Å². The number of nitrogens with one attached hydrogen (secondary N) is 2. The number of carbonyl (C=O) groups excluding carboxylic acids is 1. The third-order valence-electron chi connectivity index (χ3n) is 3.65. The Morgan fingerprint density at radius 1 is 1.20 bits per heavy atom. The summed E-state index contributed by atoms with van der Waals surface area (Å²) >= 11 is 0. The summed E-state index contributed by atoms with van der Waals surface area (Å²) in [5.41, 5.74) is 8.61. The lowest BCUT2D eigenvalue weighted by Crippen LogP contribution is -2.36. The van der Waals surface area contributed by atoms with Gasteiger partial charge in [-0.25, -0.2) is 5.84 Å². The number of amides is 1. The molecule has 1 amide bonds. The summed E-state index contributed by atoms with van der Waals surface area (Å²) in [6.07, 6.45) is 2.84. The van der Waals surface area contributed by atoms with Crippen LogP contribution >= 0.6 is 0 Å². The highest BCUT2D eigenvalue weighted by atomic mass is 16.2. The molecule has 4 N–H and O–H groups in total. The van der Waals surface area contributed by atoms with E-state index in [1.54, 1.807) is 0 Å². The molecule has 0 aliphatic rings. The average Bonchev–Trinajstić information content (AvgIpc) is 2.43. The fourth-order valence-corrected chi connectivity index (χ4v) is 2.14. The van der Waals surface area contributed by atoms with Crippen LogP contribution in [0.4, 0.5) is 0 Å². The second-order valence-corrected chi connectivity index (χ2v) is 5.13. The number of carbonyl (C=O) groups is 1. The van der Waals surface area contributed by atoms with Gasteiger partial charge in [0.15, 0.2) is 0 Å². The van der Waals surface area contributed by atoms with Crippen LogP contribution in [-0.2, 0) is 4.79 Å². The van der Waals surface area contributed by atoms with Gasteiger partial charge in [0.05, 0.1) is 0 Å². The summed E-state index contributed by atoms with van der Waals surface area (Å²) < 4.78 is 0. The Bertz CT molecular complexity index is 507. The van der Waals surface area contributed by atoms with Crippen LogP contribution in [0.5, 0.6) is 0 Å². The molecule has 110 valence electrons. The molecule has 0 aromatic heterocycles. The number of hydrogen-bond donors (Lipinski definition) is 3. The number of nitrogens with two attached hydrogens (primary N) is 1. The molecule has 0 atom stereocenters. The highest BCUT2D eigenvalue weighted by Gasteiger charge is 2.11. The van der Waals surface area contributed by atoms with Crippen LogP contribution < -0.4 is 16.6 Å². The summed E-state index contributed by atoms with van der Waals surface area (Å²) in [6.45, 7) is 11.1. The van der Waals surface area contributed by atoms with Crippen LogP contribution in [-0.4, -0.2) is 12.5 Å². The van der Waals surface area contributed by atoms with Crippen LogP contribution in [0.2, 0.25) is 0 Å². The maximum atomic E-state index is 11.8. The van der Waals surface area contributed by atoms with E-state index in [2.05, 4.69) is 51.4 Å². The minimum atomic E-state index is -0.295. The molecule has 0 fully saturated rings. The van der Waals surface area contributed by atoms with Gasteiger partial charge in [-0.1, -0.05) is 13.0 Å². The van der Waals surface area contributed by atoms with E-state index in [4.69, 9.17) is 5.84 Å². The van der Waals surface area contributed by atoms with Crippen molar-refractivity contribution >= 4 is 12.0 Å². The SMILES string of the molecule is CCCN/C(=C\c1c(C)c(C)cc(C)c1C)C(=O)NN. The topological polar surface area (TPSA) is 67.2 Å². The smallest absolute Gasteiger partial charge is 0.281 e. The van der Waals surface area contributed by atoms with Gasteiger partial charge in [-0.05, 0) is 68.0 Å². The number of hydrazine groups is 1. The molecule has 1 aromatic rings. The third-order valence-corrected chi connectivity index (χ3v) is 3.65. The Morgan fingerprint density at radius 2 is 1.75 bits per heavy atom. The highest BCUT2D eigenvalue weighted by molar-refractivity contribution is 5.97. The molecule has 0 radical (unpaired) electrons. The fourth-order valence-electron chi connectivity index (χ4n) is 2.14. The summed E-state index contributed by atoms with van der Waals surface area (Å²) in [5, 5.41) is 3.13. The van der Waals surface area contributed by atoms with Crippen LogP contribution in [0.1, 0.15) is 41.2 Å². The molecular weight excluding hydrogens is 250 g/mol. The van der Waals surface area contributed by atoms with E-state index in [0.717, 1.165) is 18.5 Å². The van der Waals surface area contributed by atoms with Gasteiger partial charge in [-0.3, -0.25) is 10.2 Å². The van der Waals surface area contributed by atoms with Gasteiger partial charge >= 0.3 is 0 Å². The van der Waals surface area contributed by atoms with Crippen molar-refractivity contribution in [3.63, 3.8) is 0 Å². The van der Waals surface area contributed by atoms with Crippen molar-refractivity contribution in [1.29, 1.82) is 0 Å². The van der Waals surface area contributed by atoms with Crippen molar-refractivity contribution in [2.45, 2.75) is 41.0 Å². The lowest BCUT2D eigenvalue weighted by atomic mass is 9.93. The molecule has 1 aromatic carbocycles. The number of benzene rings is 1. The lowest BCUT2D eigenvalue weighted by Gasteiger charge is -2.15. The first-order valence-corrected chi connectivity index (χ1v) is 6.96. The van der Waals surface area contributed by atoms with E-state index in [1.165, 1.54) is 22.3 Å². The van der Waals surface area contributed by atoms with Crippen LogP contribution in [0, 0.1) is 27.7 Å². The molecule has 0 unspecified atom stereocenters. The van der Waals surface area contributed by atoms with Gasteiger partial charge in [0.1, 0.15) is 5.70 Å². The average molecular weight is 275 g/mol. The van der Waals surface area contributed by atoms with Crippen LogP contribution in [0.3, 0.4) is 0 Å². The van der Waals surface area contributed by atoms with E-state index in [1.807, 2.05) is 6.08 Å². The molecule has 20 heavy (non-hydrogen) atoms. The summed E-state index contributed by atoms with van der Waals surface area (Å²) in [6, 6.07) is 2.17. The molecule has 0 aliphatic heterocycles. The molecular formula is C16H25N3O. The normalized spacial score (nSPS) is 11.4. The van der Waals surface area contributed by atoms with Gasteiger partial charge < -0.3 is 5.32 Å². The monoisotopic (exact) mass is 275 g/mol. The maximum absolute atomic E-state index is 11.8. The summed E-state index contributed by atoms with van der Waals surface area (Å²) in [4.78, 5) is 11.8. The maximum Gasteiger partial charge on any atom is 0.281 e. The molecule has 0 bridgehead atoms. The van der Waals surface area contributed by atoms with Crippen molar-refractivity contribution < 1.29 is 4.79 Å². The van der Waals surface area contributed by atoms with E-state index >= 15 is 0 Å². The predicted molar refractivity (Wildman–Crippen MR) is 84.0 cm³/mol. The Morgan fingerprint density at radius 3 is 2.20 bits per heavy atom. The Balaban J connectivity index is 3.33. The zero-order chi connectivity index (χ0) is 15.3. The third kappa shape index (κ3) is 3.61. The van der Waals surface area contributed by atoms with Gasteiger partial charge in [-0.15, -0.1) is 0 Å². The van der Waals surface area contributed by atoms with Gasteiger partial charge in [0.25, 0.3) is 5.91 Å². The highest BCUT2D eigenvalue weighted by Crippen LogP contribution is 2.23. The van der Waals surface area contributed by atoms with E-state index < -0.39 is 0 Å². The largest absolute Gasteiger partial charge is 0.381 e. The summed E-state index contributed by atoms with van der Waals surface area (Å²) in [7, 11) is 0. The second-order valence-electron chi connectivity index (χ2n) is 5.13. The molecule has 0 saturated carbocycles. The molecule has 0 spiro atoms. The van der Waals surface area contributed by atoms with Crippen molar-refractivity contribution in [3.8, 4) is 0 Å². The number of hydrogen-bond acceptors (Lipinski definition) is 3. The summed E-state index contributed by atoms with van der Waals surface area (Å²) in [5.74, 6) is 4.96. The van der Waals surface area contributed by atoms with Crippen molar-refractivity contribution in [2.24, 2.45) is 5.84 Å².